The minimum atomic E-state index is 0.150. The zero-order valence-corrected chi connectivity index (χ0v) is 13.9. The van der Waals surface area contributed by atoms with Gasteiger partial charge in [-0.1, -0.05) is 0 Å². The van der Waals surface area contributed by atoms with Gasteiger partial charge in [-0.05, 0) is 19.0 Å². The third-order valence-electron chi connectivity index (χ3n) is 4.55. The van der Waals surface area contributed by atoms with Gasteiger partial charge >= 0.3 is 0 Å². The third-order valence-corrected chi connectivity index (χ3v) is 4.55. The normalized spacial score (nSPS) is 17.0. The van der Waals surface area contributed by atoms with Gasteiger partial charge in [-0.15, -0.1) is 0 Å². The van der Waals surface area contributed by atoms with Crippen molar-refractivity contribution in [3.63, 3.8) is 0 Å². The van der Waals surface area contributed by atoms with Crippen molar-refractivity contribution in [2.75, 3.05) is 13.1 Å². The number of pyridine rings is 1. The van der Waals surface area contributed by atoms with E-state index in [-0.39, 0.29) is 6.10 Å². The van der Waals surface area contributed by atoms with Crippen molar-refractivity contribution >= 4 is 11.0 Å². The molecule has 26 heavy (non-hydrogen) atoms. The van der Waals surface area contributed by atoms with E-state index in [1.807, 2.05) is 18.6 Å². The predicted molar refractivity (Wildman–Crippen MR) is 96.6 cm³/mol. The first-order valence-corrected chi connectivity index (χ1v) is 8.53. The van der Waals surface area contributed by atoms with Crippen molar-refractivity contribution in [1.29, 1.82) is 0 Å². The molecular weight excluding hydrogens is 330 g/mol. The van der Waals surface area contributed by atoms with Crippen LogP contribution in [0.4, 0.5) is 0 Å². The number of nitrogens with one attached hydrogen (secondary N) is 3. The molecule has 8 nitrogen and oxygen atoms in total. The summed E-state index contributed by atoms with van der Waals surface area (Å²) in [5, 5.41) is 11.1. The van der Waals surface area contributed by atoms with Gasteiger partial charge in [-0.3, -0.25) is 10.1 Å². The highest BCUT2D eigenvalue weighted by Crippen LogP contribution is 2.30. The Kier molecular flexibility index (Phi) is 3.60. The molecule has 0 spiro atoms. The highest BCUT2D eigenvalue weighted by atomic mass is 16.5. The molecule has 1 aliphatic rings. The molecule has 4 aromatic rings. The lowest BCUT2D eigenvalue weighted by Crippen LogP contribution is -2.20. The number of H-pyrrole nitrogens is 2. The topological polar surface area (TPSA) is 104 Å². The Hall–Kier alpha value is -3.26. The van der Waals surface area contributed by atoms with E-state index in [4.69, 9.17) is 4.74 Å². The number of rotatable bonds is 4. The molecule has 0 unspecified atom stereocenters. The molecule has 1 atom stereocenters. The Morgan fingerprint density at radius 3 is 2.92 bits per heavy atom. The van der Waals surface area contributed by atoms with Gasteiger partial charge in [0.25, 0.3) is 0 Å². The largest absolute Gasteiger partial charge is 0.472 e. The van der Waals surface area contributed by atoms with Gasteiger partial charge < -0.3 is 15.0 Å². The fourth-order valence-electron chi connectivity index (χ4n) is 3.22. The summed E-state index contributed by atoms with van der Waals surface area (Å²) >= 11 is 0. The van der Waals surface area contributed by atoms with E-state index in [9.17, 15) is 0 Å². The summed E-state index contributed by atoms with van der Waals surface area (Å²) in [5.74, 6) is 0.546. The molecule has 0 saturated carbocycles. The van der Waals surface area contributed by atoms with Gasteiger partial charge in [-0.25, -0.2) is 9.97 Å². The van der Waals surface area contributed by atoms with Crippen LogP contribution in [-0.4, -0.2) is 49.3 Å². The van der Waals surface area contributed by atoms with E-state index in [1.165, 1.54) is 0 Å². The Morgan fingerprint density at radius 2 is 2.08 bits per heavy atom. The Labute approximate surface area is 149 Å². The summed E-state index contributed by atoms with van der Waals surface area (Å²) < 4.78 is 5.93. The fourth-order valence-corrected chi connectivity index (χ4v) is 3.22. The van der Waals surface area contributed by atoms with Crippen molar-refractivity contribution in [3.8, 4) is 28.3 Å². The minimum Gasteiger partial charge on any atom is -0.472 e. The highest BCUT2D eigenvalue weighted by molar-refractivity contribution is 5.94. The van der Waals surface area contributed by atoms with E-state index in [1.54, 1.807) is 18.6 Å². The summed E-state index contributed by atoms with van der Waals surface area (Å²) in [7, 11) is 0. The van der Waals surface area contributed by atoms with E-state index in [0.29, 0.717) is 5.88 Å². The number of aromatic nitrogens is 6. The van der Waals surface area contributed by atoms with Crippen LogP contribution in [0.1, 0.15) is 6.42 Å². The van der Waals surface area contributed by atoms with Crippen LogP contribution in [0.25, 0.3) is 33.4 Å². The summed E-state index contributed by atoms with van der Waals surface area (Å²) in [6.45, 7) is 1.82. The van der Waals surface area contributed by atoms with Gasteiger partial charge in [-0.2, -0.15) is 5.10 Å². The Bertz CT molecular complexity index is 1030. The number of hydrogen-bond donors (Lipinski definition) is 3. The maximum atomic E-state index is 5.93. The molecule has 8 heteroatoms. The second kappa shape index (κ2) is 6.23. The monoisotopic (exact) mass is 347 g/mol. The van der Waals surface area contributed by atoms with E-state index < -0.39 is 0 Å². The molecule has 0 radical (unpaired) electrons. The van der Waals surface area contributed by atoms with Gasteiger partial charge in [0.15, 0.2) is 0 Å². The third kappa shape index (κ3) is 2.70. The standard InChI is InChI=1S/C18H17N7O/c1-2-19-7-13(1)26-17-10-20-9-16(25-17)15-8-22-18-14(15)3-11(4-21-18)12-5-23-24-6-12/h3-6,8-10,13,19H,1-2,7H2,(H,21,22)(H,23,24)/t13-/m0/s1. The Morgan fingerprint density at radius 1 is 1.08 bits per heavy atom. The second-order valence-corrected chi connectivity index (χ2v) is 6.28. The van der Waals surface area contributed by atoms with E-state index in [2.05, 4.69) is 41.5 Å². The number of ether oxygens (including phenoxy) is 1. The molecule has 1 aliphatic heterocycles. The lowest BCUT2D eigenvalue weighted by atomic mass is 10.1. The first-order valence-electron chi connectivity index (χ1n) is 8.53. The SMILES string of the molecule is c1n[nH]cc1-c1cnc2[nH]cc(-c3cncc(O[C@H]4CCNC4)n3)c2c1. The number of nitrogens with zero attached hydrogens (tertiary/aromatic N) is 4. The molecule has 0 amide bonds. The van der Waals surface area contributed by atoms with Crippen LogP contribution in [0.3, 0.4) is 0 Å². The lowest BCUT2D eigenvalue weighted by Gasteiger charge is -2.11. The molecule has 4 aromatic heterocycles. The van der Waals surface area contributed by atoms with Crippen LogP contribution in [0.5, 0.6) is 5.88 Å². The van der Waals surface area contributed by atoms with E-state index in [0.717, 1.165) is 52.9 Å². The average molecular weight is 347 g/mol. The van der Waals surface area contributed by atoms with Crippen LogP contribution in [0, 0.1) is 0 Å². The van der Waals surface area contributed by atoms with Gasteiger partial charge in [0, 0.05) is 47.2 Å². The Balaban J connectivity index is 1.53. The maximum Gasteiger partial charge on any atom is 0.233 e. The zero-order valence-electron chi connectivity index (χ0n) is 13.9. The van der Waals surface area contributed by atoms with Crippen LogP contribution in [0.15, 0.2) is 43.2 Å². The van der Waals surface area contributed by atoms with Gasteiger partial charge in [0.05, 0.1) is 24.3 Å². The highest BCUT2D eigenvalue weighted by Gasteiger charge is 2.17. The number of aromatic amines is 2. The fraction of sp³-hybridized carbons (Fsp3) is 0.222. The zero-order chi connectivity index (χ0) is 17.3. The van der Waals surface area contributed by atoms with Crippen LogP contribution in [0.2, 0.25) is 0 Å². The quantitative estimate of drug-likeness (QED) is 0.522. The first-order chi connectivity index (χ1) is 12.9. The average Bonchev–Trinajstić information content (AvgIpc) is 3.43. The first kappa shape index (κ1) is 15.0. The molecule has 0 bridgehead atoms. The van der Waals surface area contributed by atoms with E-state index >= 15 is 0 Å². The van der Waals surface area contributed by atoms with Crippen molar-refractivity contribution in [2.45, 2.75) is 12.5 Å². The molecule has 130 valence electrons. The van der Waals surface area contributed by atoms with Crippen molar-refractivity contribution in [2.24, 2.45) is 0 Å². The summed E-state index contributed by atoms with van der Waals surface area (Å²) in [5.41, 5.74) is 4.49. The minimum absolute atomic E-state index is 0.150. The molecule has 0 aliphatic carbocycles. The summed E-state index contributed by atoms with van der Waals surface area (Å²) in [4.78, 5) is 16.6. The molecule has 0 aromatic carbocycles. The smallest absolute Gasteiger partial charge is 0.233 e. The van der Waals surface area contributed by atoms with Gasteiger partial charge in [0.1, 0.15) is 11.8 Å². The lowest BCUT2D eigenvalue weighted by molar-refractivity contribution is 0.213. The van der Waals surface area contributed by atoms with Crippen LogP contribution >= 0.6 is 0 Å². The number of hydrogen-bond acceptors (Lipinski definition) is 6. The molecule has 3 N–H and O–H groups in total. The van der Waals surface area contributed by atoms with Crippen molar-refractivity contribution in [3.05, 3.63) is 43.2 Å². The maximum absolute atomic E-state index is 5.93. The van der Waals surface area contributed by atoms with Crippen molar-refractivity contribution in [1.82, 2.24) is 35.5 Å². The molecule has 1 saturated heterocycles. The molecule has 5 heterocycles. The van der Waals surface area contributed by atoms with Crippen molar-refractivity contribution < 1.29 is 4.74 Å². The number of fused-ring (bicyclic) bond motifs is 1. The molecule has 5 rings (SSSR count). The van der Waals surface area contributed by atoms with Crippen LogP contribution < -0.4 is 10.1 Å². The predicted octanol–water partition coefficient (Wildman–Crippen LogP) is 2.15. The summed E-state index contributed by atoms with van der Waals surface area (Å²) in [6.07, 6.45) is 11.9. The summed E-state index contributed by atoms with van der Waals surface area (Å²) in [6, 6.07) is 2.08. The molecular formula is C18H17N7O. The van der Waals surface area contributed by atoms with Crippen LogP contribution in [-0.2, 0) is 0 Å². The van der Waals surface area contributed by atoms with Gasteiger partial charge in [0.2, 0.25) is 5.88 Å². The molecule has 1 fully saturated rings. The second-order valence-electron chi connectivity index (χ2n) is 6.28.